The third-order valence-corrected chi connectivity index (χ3v) is 4.17. The minimum absolute atomic E-state index is 0.0294. The molecule has 1 aromatic carbocycles. The van der Waals surface area contributed by atoms with Gasteiger partial charge in [0.15, 0.2) is 11.5 Å². The monoisotopic (exact) mass is 345 g/mol. The summed E-state index contributed by atoms with van der Waals surface area (Å²) in [5.74, 6) is -1.85. The summed E-state index contributed by atoms with van der Waals surface area (Å²) in [5.41, 5.74) is -2.17. The standard InChI is InChI=1S/C16H21F2NO5/c1-15(2,13(21)22)16(3,4)19-12(20)9-6-7-10(24-14(17)18)11(8-9)23-5/h6-8,14H,1-5H3,(H,19,20)(H,21,22). The second-order valence-corrected chi connectivity index (χ2v) is 6.25. The number of carboxylic acids is 1. The lowest BCUT2D eigenvalue weighted by molar-refractivity contribution is -0.150. The van der Waals surface area contributed by atoms with Gasteiger partial charge in [-0.25, -0.2) is 0 Å². The normalized spacial score (nSPS) is 12.0. The predicted molar refractivity (Wildman–Crippen MR) is 82.6 cm³/mol. The lowest BCUT2D eigenvalue weighted by Crippen LogP contribution is -2.56. The van der Waals surface area contributed by atoms with Gasteiger partial charge in [0.05, 0.1) is 18.1 Å². The molecule has 0 aliphatic rings. The van der Waals surface area contributed by atoms with Crippen LogP contribution in [0.1, 0.15) is 38.1 Å². The lowest BCUT2D eigenvalue weighted by atomic mass is 9.74. The Kier molecular flexibility index (Phi) is 5.75. The molecule has 0 unspecified atom stereocenters. The molecule has 1 rings (SSSR count). The number of methoxy groups -OCH3 is 1. The maximum Gasteiger partial charge on any atom is 0.387 e. The van der Waals surface area contributed by atoms with Crippen molar-refractivity contribution in [1.82, 2.24) is 5.32 Å². The van der Waals surface area contributed by atoms with Crippen molar-refractivity contribution in [3.63, 3.8) is 0 Å². The molecule has 0 aliphatic carbocycles. The van der Waals surface area contributed by atoms with Crippen LogP contribution in [0.15, 0.2) is 18.2 Å². The molecule has 0 aliphatic heterocycles. The van der Waals surface area contributed by atoms with Crippen molar-refractivity contribution in [2.45, 2.75) is 39.8 Å². The van der Waals surface area contributed by atoms with Gasteiger partial charge >= 0.3 is 12.6 Å². The number of aliphatic carboxylic acids is 1. The first-order valence-corrected chi connectivity index (χ1v) is 7.11. The summed E-state index contributed by atoms with van der Waals surface area (Å²) in [6.45, 7) is 3.15. The second-order valence-electron chi connectivity index (χ2n) is 6.25. The Morgan fingerprint density at radius 1 is 1.17 bits per heavy atom. The molecule has 0 radical (unpaired) electrons. The molecule has 24 heavy (non-hydrogen) atoms. The van der Waals surface area contributed by atoms with E-state index in [1.807, 2.05) is 0 Å². The van der Waals surface area contributed by atoms with Gasteiger partial charge in [-0.3, -0.25) is 9.59 Å². The smallest absolute Gasteiger partial charge is 0.387 e. The number of nitrogens with one attached hydrogen (secondary N) is 1. The number of ether oxygens (including phenoxy) is 2. The first-order valence-electron chi connectivity index (χ1n) is 7.11. The van der Waals surface area contributed by atoms with Gasteiger partial charge in [-0.2, -0.15) is 8.78 Å². The molecule has 0 bridgehead atoms. The number of rotatable bonds is 7. The van der Waals surface area contributed by atoms with Crippen molar-refractivity contribution in [1.29, 1.82) is 0 Å². The molecule has 1 aromatic rings. The summed E-state index contributed by atoms with van der Waals surface area (Å²) >= 11 is 0. The zero-order chi connectivity index (χ0) is 18.7. The molecular formula is C16H21F2NO5. The molecule has 0 atom stereocenters. The van der Waals surface area contributed by atoms with E-state index in [2.05, 4.69) is 10.1 Å². The number of carbonyl (C=O) groups is 2. The Morgan fingerprint density at radius 3 is 2.21 bits per heavy atom. The van der Waals surface area contributed by atoms with E-state index in [1.165, 1.54) is 39.2 Å². The summed E-state index contributed by atoms with van der Waals surface area (Å²) in [7, 11) is 1.26. The lowest BCUT2D eigenvalue weighted by Gasteiger charge is -2.38. The maximum atomic E-state index is 12.4. The molecule has 0 heterocycles. The van der Waals surface area contributed by atoms with Gasteiger partial charge in [0.1, 0.15) is 0 Å². The molecule has 1 amide bonds. The minimum atomic E-state index is -3.02. The number of amides is 1. The van der Waals surface area contributed by atoms with E-state index < -0.39 is 29.4 Å². The van der Waals surface area contributed by atoms with Crippen LogP contribution in [0.3, 0.4) is 0 Å². The molecule has 0 spiro atoms. The topological polar surface area (TPSA) is 84.9 Å². The highest BCUT2D eigenvalue weighted by Gasteiger charge is 2.44. The Balaban J connectivity index is 3.06. The highest BCUT2D eigenvalue weighted by Crippen LogP contribution is 2.32. The van der Waals surface area contributed by atoms with E-state index >= 15 is 0 Å². The Labute approximate surface area is 138 Å². The fourth-order valence-electron chi connectivity index (χ4n) is 1.78. The number of carbonyl (C=O) groups excluding carboxylic acids is 1. The minimum Gasteiger partial charge on any atom is -0.493 e. The number of alkyl halides is 2. The average molecular weight is 345 g/mol. The van der Waals surface area contributed by atoms with E-state index in [9.17, 15) is 23.5 Å². The molecule has 0 saturated heterocycles. The summed E-state index contributed by atoms with van der Waals surface area (Å²) in [4.78, 5) is 23.8. The predicted octanol–water partition coefficient (Wildman–Crippen LogP) is 2.92. The van der Waals surface area contributed by atoms with Gasteiger partial charge in [-0.1, -0.05) is 0 Å². The van der Waals surface area contributed by atoms with Gasteiger partial charge in [0.2, 0.25) is 0 Å². The second kappa shape index (κ2) is 7.02. The van der Waals surface area contributed by atoms with Gasteiger partial charge in [-0.05, 0) is 45.9 Å². The number of hydrogen-bond acceptors (Lipinski definition) is 4. The van der Waals surface area contributed by atoms with Gasteiger partial charge in [-0.15, -0.1) is 0 Å². The van der Waals surface area contributed by atoms with E-state index in [4.69, 9.17) is 4.74 Å². The quantitative estimate of drug-likeness (QED) is 0.794. The van der Waals surface area contributed by atoms with Crippen LogP contribution in [-0.4, -0.2) is 36.2 Å². The van der Waals surface area contributed by atoms with Crippen molar-refractivity contribution in [2.24, 2.45) is 5.41 Å². The van der Waals surface area contributed by atoms with Gasteiger partial charge in [0, 0.05) is 5.56 Å². The van der Waals surface area contributed by atoms with E-state index in [0.717, 1.165) is 0 Å². The molecule has 0 fully saturated rings. The van der Waals surface area contributed by atoms with Crippen LogP contribution in [0.5, 0.6) is 11.5 Å². The van der Waals surface area contributed by atoms with E-state index in [-0.39, 0.29) is 17.1 Å². The maximum absolute atomic E-state index is 12.4. The average Bonchev–Trinajstić information content (AvgIpc) is 2.46. The van der Waals surface area contributed by atoms with Crippen LogP contribution in [0.2, 0.25) is 0 Å². The molecule has 0 aromatic heterocycles. The van der Waals surface area contributed by atoms with Crippen molar-refractivity contribution in [2.75, 3.05) is 7.11 Å². The molecule has 2 N–H and O–H groups in total. The Morgan fingerprint density at radius 2 is 1.75 bits per heavy atom. The Bertz CT molecular complexity index is 629. The van der Waals surface area contributed by atoms with Crippen LogP contribution in [0.4, 0.5) is 8.78 Å². The van der Waals surface area contributed by atoms with Crippen molar-refractivity contribution < 1.29 is 33.0 Å². The first kappa shape index (κ1) is 19.7. The van der Waals surface area contributed by atoms with Crippen LogP contribution in [0.25, 0.3) is 0 Å². The molecule has 6 nitrogen and oxygen atoms in total. The highest BCUT2D eigenvalue weighted by atomic mass is 19.3. The van der Waals surface area contributed by atoms with Crippen molar-refractivity contribution in [3.8, 4) is 11.5 Å². The SMILES string of the molecule is COc1cc(C(=O)NC(C)(C)C(C)(C)C(=O)O)ccc1OC(F)F. The fourth-order valence-corrected chi connectivity index (χ4v) is 1.78. The number of carboxylic acid groups (broad SMARTS) is 1. The zero-order valence-corrected chi connectivity index (χ0v) is 14.1. The highest BCUT2D eigenvalue weighted by molar-refractivity contribution is 5.96. The molecule has 0 saturated carbocycles. The third-order valence-electron chi connectivity index (χ3n) is 4.17. The van der Waals surface area contributed by atoms with Crippen LogP contribution >= 0.6 is 0 Å². The summed E-state index contributed by atoms with van der Waals surface area (Å²) in [5, 5.41) is 11.9. The summed E-state index contributed by atoms with van der Waals surface area (Å²) in [6.07, 6.45) is 0. The number of halogens is 2. The van der Waals surface area contributed by atoms with E-state index in [0.29, 0.717) is 0 Å². The van der Waals surface area contributed by atoms with Crippen molar-refractivity contribution >= 4 is 11.9 Å². The van der Waals surface area contributed by atoms with Crippen molar-refractivity contribution in [3.05, 3.63) is 23.8 Å². The third kappa shape index (κ3) is 4.12. The first-order chi connectivity index (χ1) is 10.9. The molecular weight excluding hydrogens is 324 g/mol. The van der Waals surface area contributed by atoms with Crippen LogP contribution < -0.4 is 14.8 Å². The van der Waals surface area contributed by atoms with Gasteiger partial charge < -0.3 is 19.9 Å². The summed E-state index contributed by atoms with van der Waals surface area (Å²) in [6, 6.07) is 3.73. The fraction of sp³-hybridized carbons (Fsp3) is 0.500. The molecule has 134 valence electrons. The molecule has 8 heteroatoms. The van der Waals surface area contributed by atoms with Gasteiger partial charge in [0.25, 0.3) is 5.91 Å². The zero-order valence-electron chi connectivity index (χ0n) is 14.1. The summed E-state index contributed by atoms with van der Waals surface area (Å²) < 4.78 is 33.9. The number of benzene rings is 1. The number of hydrogen-bond donors (Lipinski definition) is 2. The Hall–Kier alpha value is -2.38. The van der Waals surface area contributed by atoms with Crippen LogP contribution in [0, 0.1) is 5.41 Å². The van der Waals surface area contributed by atoms with Crippen LogP contribution in [-0.2, 0) is 4.79 Å². The van der Waals surface area contributed by atoms with E-state index in [1.54, 1.807) is 13.8 Å². The largest absolute Gasteiger partial charge is 0.493 e.